The maximum atomic E-state index is 14.4. The first-order chi connectivity index (χ1) is 49.2. The van der Waals surface area contributed by atoms with E-state index in [1.807, 2.05) is 24.5 Å². The summed E-state index contributed by atoms with van der Waals surface area (Å²) in [4.78, 5) is 173. The summed E-state index contributed by atoms with van der Waals surface area (Å²) >= 11 is 1.49. The maximum Gasteiger partial charge on any atom is 0.326 e. The van der Waals surface area contributed by atoms with Crippen LogP contribution in [-0.4, -0.2) is 195 Å². The van der Waals surface area contributed by atoms with Gasteiger partial charge in [-0.3, -0.25) is 57.7 Å². The highest BCUT2D eigenvalue weighted by Crippen LogP contribution is 2.21. The zero-order valence-corrected chi connectivity index (χ0v) is 61.4. The Morgan fingerprint density at radius 2 is 1.02 bits per heavy atom. The lowest BCUT2D eigenvalue weighted by Crippen LogP contribution is -2.60. The molecule has 0 fully saturated rings. The molecule has 32 nitrogen and oxygen atoms in total. The molecule has 1 heterocycles. The van der Waals surface area contributed by atoms with E-state index in [-0.39, 0.29) is 81.4 Å². The van der Waals surface area contributed by atoms with Crippen molar-refractivity contribution in [1.82, 2.24) is 63.5 Å². The Labute approximate surface area is 610 Å². The van der Waals surface area contributed by atoms with Crippen molar-refractivity contribution in [1.29, 1.82) is 0 Å². The number of benzene rings is 3. The first-order valence-corrected chi connectivity index (χ1v) is 36.3. The van der Waals surface area contributed by atoms with E-state index in [0.29, 0.717) is 48.1 Å². The molecule has 0 aliphatic heterocycles. The van der Waals surface area contributed by atoms with Crippen LogP contribution in [0.2, 0.25) is 0 Å². The van der Waals surface area contributed by atoms with E-state index in [4.69, 9.17) is 22.9 Å². The summed E-state index contributed by atoms with van der Waals surface area (Å²) in [6.45, 7) is 12.6. The van der Waals surface area contributed by atoms with Crippen LogP contribution in [-0.2, 0) is 76.8 Å². The lowest BCUT2D eigenvalue weighted by molar-refractivity contribution is -0.142. The van der Waals surface area contributed by atoms with Crippen molar-refractivity contribution in [2.24, 2.45) is 45.7 Å². The number of hydrogen-bond donors (Lipinski definition) is 19. The second-order valence-electron chi connectivity index (χ2n) is 26.6. The van der Waals surface area contributed by atoms with Gasteiger partial charge in [-0.2, -0.15) is 11.8 Å². The number of aromatic hydroxyl groups is 2. The maximum absolute atomic E-state index is 14.4. The standard InChI is InChI=1S/C71H107N17O15S/c1-10-40(6)59(69(101)85-53(32-38(2)3)66(98)82-51(18-13-14-29-72)63(95)81-52(19-15-30-76-71(74)75)64(96)86-56(70(102)103)35-45-36-77-50-17-12-11-16-48(45)50)87-57(91)37-78-60(92)41(7)80-68(100)58(39(4)5)88-67(99)55(34-44-22-26-47(90)27-23-44)83-61(93)42(8)79-65(97)54(33-43-20-24-46(89)25-21-43)84-62(94)49(73)28-31-104-9/h11-12,16-17,20-27,36,38-42,49,51-56,58-59,77,89-90H,10,13-15,18-19,28-35,37,72-73H2,1-9H3,(H,78,92)(H,79,97)(H,80,100)(H,81,95)(H,82,98)(H,83,93)(H,84,94)(H,85,101)(H,86,96)(H,87,91)(H,88,99)(H,102,103)(H4,74,75,76)/t40-,41-,42-,49-,51-,52-,53-,54-,55-,56-,58-,59-/m1/s1. The minimum Gasteiger partial charge on any atom is -0.508 e. The number of carbonyl (C=O) groups is 12. The van der Waals surface area contributed by atoms with Crippen molar-refractivity contribution in [2.45, 2.75) is 192 Å². The van der Waals surface area contributed by atoms with Crippen LogP contribution >= 0.6 is 11.8 Å². The molecule has 0 saturated heterocycles. The highest BCUT2D eigenvalue weighted by Gasteiger charge is 2.37. The second-order valence-corrected chi connectivity index (χ2v) is 27.6. The number of para-hydroxylation sites is 1. The molecule has 104 heavy (non-hydrogen) atoms. The van der Waals surface area contributed by atoms with Gasteiger partial charge < -0.3 is 102 Å². The number of unbranched alkanes of at least 4 members (excludes halogenated alkanes) is 1. The van der Waals surface area contributed by atoms with Crippen molar-refractivity contribution in [2.75, 3.05) is 31.6 Å². The van der Waals surface area contributed by atoms with E-state index in [9.17, 15) is 72.9 Å². The fraction of sp³-hybridized carbons (Fsp3) is 0.535. The molecule has 23 N–H and O–H groups in total. The zero-order valence-electron chi connectivity index (χ0n) is 60.6. The van der Waals surface area contributed by atoms with E-state index >= 15 is 0 Å². The number of carboxylic acids is 1. The Kier molecular flexibility index (Phi) is 36.4. The quantitative estimate of drug-likeness (QED) is 0.0154. The molecule has 12 atom stereocenters. The molecular weight excluding hydrogens is 1360 g/mol. The fourth-order valence-corrected chi connectivity index (χ4v) is 11.4. The average molecular weight is 1470 g/mol. The van der Waals surface area contributed by atoms with Crippen molar-refractivity contribution in [3.63, 3.8) is 0 Å². The van der Waals surface area contributed by atoms with Crippen molar-refractivity contribution in [3.05, 3.63) is 95.7 Å². The molecule has 0 aliphatic carbocycles. The van der Waals surface area contributed by atoms with Crippen molar-refractivity contribution < 1.29 is 72.9 Å². The lowest BCUT2D eigenvalue weighted by atomic mass is 9.96. The molecule has 4 rings (SSSR count). The molecule has 4 aromatic rings. The summed E-state index contributed by atoms with van der Waals surface area (Å²) in [5, 5.41) is 59.8. The topological polar surface area (TPSA) is 530 Å². The first-order valence-electron chi connectivity index (χ1n) is 34.9. The molecule has 11 amide bonds. The van der Waals surface area contributed by atoms with Gasteiger partial charge in [-0.05, 0) is 142 Å². The Morgan fingerprint density at radius 3 is 1.56 bits per heavy atom. The van der Waals surface area contributed by atoms with Gasteiger partial charge in [0.05, 0.1) is 12.6 Å². The molecule has 0 aliphatic rings. The Balaban J connectivity index is 1.44. The molecule has 572 valence electrons. The number of hydrogen-bond acceptors (Lipinski definition) is 18. The monoisotopic (exact) mass is 1470 g/mol. The number of aromatic nitrogens is 1. The molecular formula is C71H107N17O15S. The minimum atomic E-state index is -1.42. The van der Waals surface area contributed by atoms with Gasteiger partial charge in [0.25, 0.3) is 0 Å². The number of guanidine groups is 1. The second kappa shape index (κ2) is 43.8. The highest BCUT2D eigenvalue weighted by atomic mass is 32.2. The summed E-state index contributed by atoms with van der Waals surface area (Å²) in [7, 11) is 0. The fourth-order valence-electron chi connectivity index (χ4n) is 10.9. The largest absolute Gasteiger partial charge is 0.508 e. The number of fused-ring (bicyclic) bond motifs is 1. The lowest BCUT2D eigenvalue weighted by Gasteiger charge is -2.29. The summed E-state index contributed by atoms with van der Waals surface area (Å²) in [5.41, 5.74) is 25.4. The molecule has 0 spiro atoms. The van der Waals surface area contributed by atoms with Crippen molar-refractivity contribution >= 4 is 99.6 Å². The summed E-state index contributed by atoms with van der Waals surface area (Å²) in [6.07, 6.45) is 4.87. The van der Waals surface area contributed by atoms with E-state index in [1.165, 1.54) is 62.0 Å². The third kappa shape index (κ3) is 29.4. The number of carboxylic acid groups (broad SMARTS) is 1. The van der Waals surface area contributed by atoms with Crippen LogP contribution in [0.4, 0.5) is 0 Å². The van der Waals surface area contributed by atoms with Gasteiger partial charge in [0, 0.05) is 42.9 Å². The number of nitrogens with one attached hydrogen (secondary N) is 12. The number of carbonyl (C=O) groups excluding carboxylic acids is 11. The van der Waals surface area contributed by atoms with Crippen LogP contribution in [0.1, 0.15) is 123 Å². The van der Waals surface area contributed by atoms with Crippen LogP contribution in [0.5, 0.6) is 11.5 Å². The van der Waals surface area contributed by atoms with E-state index < -0.39 is 156 Å². The molecule has 0 radical (unpaired) electrons. The summed E-state index contributed by atoms with van der Waals surface area (Å²) < 4.78 is 0. The predicted molar refractivity (Wildman–Crippen MR) is 394 cm³/mol. The Bertz CT molecular complexity index is 3550. The van der Waals surface area contributed by atoms with E-state index in [1.54, 1.807) is 65.9 Å². The Morgan fingerprint density at radius 1 is 0.529 bits per heavy atom. The number of aromatic amines is 1. The molecule has 0 bridgehead atoms. The number of nitrogens with two attached hydrogens (primary N) is 4. The predicted octanol–water partition coefficient (Wildman–Crippen LogP) is -0.293. The number of amides is 11. The molecule has 33 heteroatoms. The van der Waals surface area contributed by atoms with Gasteiger partial charge >= 0.3 is 5.97 Å². The minimum absolute atomic E-state index is 0.0236. The van der Waals surface area contributed by atoms with E-state index in [0.717, 1.165) is 10.9 Å². The molecule has 0 unspecified atom stereocenters. The van der Waals surface area contributed by atoms with Gasteiger partial charge in [-0.15, -0.1) is 0 Å². The van der Waals surface area contributed by atoms with Crippen LogP contribution in [0.3, 0.4) is 0 Å². The third-order valence-electron chi connectivity index (χ3n) is 17.2. The third-order valence-corrected chi connectivity index (χ3v) is 17.8. The number of H-pyrrole nitrogens is 1. The normalized spacial score (nSPS) is 14.7. The smallest absolute Gasteiger partial charge is 0.326 e. The molecule has 0 saturated carbocycles. The SMILES string of the molecule is CC[C@@H](C)[C@@H](NC(=O)CNC(=O)[C@@H](C)NC(=O)[C@H](NC(=O)[C@@H](Cc1ccc(O)cc1)NC(=O)[C@@H](C)NC(=O)[C@@H](Cc1ccc(O)cc1)NC(=O)[C@H](N)CCSC)C(C)C)C(=O)N[C@H](CC(C)C)C(=O)N[C@H](CCCCN)C(=O)N[C@H](CCCN=C(N)N)C(=O)N[C@H](Cc1c[nH]c2ccccc12)C(=O)O. The van der Waals surface area contributed by atoms with E-state index in [2.05, 4.69) is 68.5 Å². The van der Waals surface area contributed by atoms with Gasteiger partial charge in [-0.25, -0.2) is 4.79 Å². The number of phenols is 2. The van der Waals surface area contributed by atoms with Gasteiger partial charge in [-0.1, -0.05) is 90.4 Å². The number of rotatable bonds is 45. The number of aliphatic carboxylic acids is 1. The number of phenolic OH excluding ortho intramolecular Hbond substituents is 2. The zero-order chi connectivity index (χ0) is 77.3. The Hall–Kier alpha value is -10.0. The number of aliphatic imine (C=N–C) groups is 1. The number of nitrogens with zero attached hydrogens (tertiary/aromatic N) is 1. The van der Waals surface area contributed by atoms with Gasteiger partial charge in [0.15, 0.2) is 5.96 Å². The van der Waals surface area contributed by atoms with Crippen LogP contribution in [0.15, 0.2) is 84.0 Å². The van der Waals surface area contributed by atoms with Gasteiger partial charge in [0.2, 0.25) is 65.0 Å². The van der Waals surface area contributed by atoms with Gasteiger partial charge in [0.1, 0.15) is 71.9 Å². The van der Waals surface area contributed by atoms with Crippen LogP contribution < -0.4 is 81.4 Å². The van der Waals surface area contributed by atoms with Crippen molar-refractivity contribution in [3.8, 4) is 11.5 Å². The summed E-state index contributed by atoms with van der Waals surface area (Å²) in [5.74, 6) is -11.2. The summed E-state index contributed by atoms with van der Waals surface area (Å²) in [6, 6.07) is 4.82. The average Bonchev–Trinajstić information content (AvgIpc) is 1.69. The number of thioether (sulfide) groups is 1. The van der Waals surface area contributed by atoms with Crippen LogP contribution in [0.25, 0.3) is 10.9 Å². The molecule has 3 aromatic carbocycles. The molecule has 1 aromatic heterocycles. The van der Waals surface area contributed by atoms with Crippen LogP contribution in [0, 0.1) is 17.8 Å². The highest BCUT2D eigenvalue weighted by molar-refractivity contribution is 7.98. The first kappa shape index (κ1) is 86.4.